The molecule has 18 heavy (non-hydrogen) atoms. The van der Waals surface area contributed by atoms with Crippen LogP contribution >= 0.6 is 0 Å². The maximum Gasteiger partial charge on any atom is 0.0415 e. The molecule has 1 heteroatoms. The normalized spacial score (nSPS) is 26.8. The molecular weight excluding hydrogens is 218 g/mol. The molecule has 0 radical (unpaired) electrons. The van der Waals surface area contributed by atoms with E-state index in [0.717, 1.165) is 19.3 Å². The van der Waals surface area contributed by atoms with E-state index < -0.39 is 0 Å². The van der Waals surface area contributed by atoms with Crippen LogP contribution in [-0.4, -0.2) is 0 Å². The van der Waals surface area contributed by atoms with Gasteiger partial charge in [-0.25, -0.2) is 0 Å². The molecular formula is C17H27N. The quantitative estimate of drug-likeness (QED) is 0.846. The monoisotopic (exact) mass is 245 g/mol. The summed E-state index contributed by atoms with van der Waals surface area (Å²) in [5.74, 6) is 0.703. The van der Waals surface area contributed by atoms with Gasteiger partial charge in [0.1, 0.15) is 0 Å². The number of hydrogen-bond donors (Lipinski definition) is 1. The van der Waals surface area contributed by atoms with Crippen LogP contribution in [0.5, 0.6) is 0 Å². The molecule has 1 aromatic rings. The number of benzene rings is 1. The van der Waals surface area contributed by atoms with Crippen LogP contribution in [0.2, 0.25) is 0 Å². The third-order valence-electron chi connectivity index (χ3n) is 4.19. The first-order valence-corrected chi connectivity index (χ1v) is 7.19. The Balaban J connectivity index is 2.23. The molecule has 1 atom stereocenters. The van der Waals surface area contributed by atoms with E-state index in [1.165, 1.54) is 17.5 Å². The van der Waals surface area contributed by atoms with Gasteiger partial charge in [0.05, 0.1) is 0 Å². The molecule has 0 saturated heterocycles. The molecule has 0 aromatic heterocycles. The Labute approximate surface area is 112 Å². The maximum atomic E-state index is 6.66. The molecule has 0 heterocycles. The summed E-state index contributed by atoms with van der Waals surface area (Å²) in [5, 5.41) is 0. The summed E-state index contributed by atoms with van der Waals surface area (Å²) in [6.45, 7) is 9.20. The van der Waals surface area contributed by atoms with Crippen molar-refractivity contribution in [2.24, 2.45) is 17.1 Å². The van der Waals surface area contributed by atoms with E-state index in [9.17, 15) is 0 Å². The largest absolute Gasteiger partial charge is 0.321 e. The fraction of sp³-hybridized carbons (Fsp3) is 0.647. The van der Waals surface area contributed by atoms with E-state index in [4.69, 9.17) is 5.73 Å². The van der Waals surface area contributed by atoms with Crippen LogP contribution in [-0.2, 0) is 12.0 Å². The summed E-state index contributed by atoms with van der Waals surface area (Å²) in [5.41, 5.74) is 9.71. The molecule has 2 rings (SSSR count). The highest BCUT2D eigenvalue weighted by Gasteiger charge is 2.41. The van der Waals surface area contributed by atoms with Gasteiger partial charge in [0.15, 0.2) is 0 Å². The third-order valence-corrected chi connectivity index (χ3v) is 4.19. The lowest BCUT2D eigenvalue weighted by Gasteiger charge is -2.27. The van der Waals surface area contributed by atoms with Crippen LogP contribution in [0.1, 0.15) is 58.1 Å². The van der Waals surface area contributed by atoms with Gasteiger partial charge in [-0.3, -0.25) is 0 Å². The number of nitrogens with two attached hydrogens (primary N) is 1. The van der Waals surface area contributed by atoms with Gasteiger partial charge in [0, 0.05) is 5.54 Å². The zero-order valence-electron chi connectivity index (χ0n) is 12.3. The molecule has 1 unspecified atom stereocenters. The van der Waals surface area contributed by atoms with Crippen molar-refractivity contribution in [3.8, 4) is 0 Å². The SMILES string of the molecule is CC(C)Cc1cccc(C2(N)CCC(C)(C)C2)c1. The van der Waals surface area contributed by atoms with E-state index in [-0.39, 0.29) is 5.54 Å². The minimum atomic E-state index is -0.101. The first-order chi connectivity index (χ1) is 8.31. The van der Waals surface area contributed by atoms with Crippen molar-refractivity contribution in [2.75, 3.05) is 0 Å². The second-order valence-electron chi connectivity index (χ2n) is 7.30. The summed E-state index contributed by atoms with van der Waals surface area (Å²) < 4.78 is 0. The molecule has 1 fully saturated rings. The van der Waals surface area contributed by atoms with Gasteiger partial charge >= 0.3 is 0 Å². The van der Waals surface area contributed by atoms with E-state index >= 15 is 0 Å². The van der Waals surface area contributed by atoms with Crippen LogP contribution in [0.25, 0.3) is 0 Å². The second kappa shape index (κ2) is 4.70. The van der Waals surface area contributed by atoms with Gasteiger partial charge in [0.2, 0.25) is 0 Å². The average molecular weight is 245 g/mol. The van der Waals surface area contributed by atoms with E-state index in [2.05, 4.69) is 52.0 Å². The number of rotatable bonds is 3. The lowest BCUT2D eigenvalue weighted by atomic mass is 9.83. The Morgan fingerprint density at radius 1 is 1.22 bits per heavy atom. The summed E-state index contributed by atoms with van der Waals surface area (Å²) in [6, 6.07) is 8.95. The Morgan fingerprint density at radius 2 is 1.94 bits per heavy atom. The molecule has 1 aromatic carbocycles. The van der Waals surface area contributed by atoms with Gasteiger partial charge in [-0.2, -0.15) is 0 Å². The smallest absolute Gasteiger partial charge is 0.0415 e. The van der Waals surface area contributed by atoms with Gasteiger partial charge in [0.25, 0.3) is 0 Å². The average Bonchev–Trinajstić information content (AvgIpc) is 2.54. The van der Waals surface area contributed by atoms with Crippen LogP contribution in [0.15, 0.2) is 24.3 Å². The lowest BCUT2D eigenvalue weighted by molar-refractivity contribution is 0.339. The molecule has 2 N–H and O–H groups in total. The van der Waals surface area contributed by atoms with Crippen molar-refractivity contribution in [2.45, 2.75) is 58.9 Å². The summed E-state index contributed by atoms with van der Waals surface area (Å²) >= 11 is 0. The molecule has 1 aliphatic rings. The second-order valence-corrected chi connectivity index (χ2v) is 7.30. The molecule has 1 nitrogen and oxygen atoms in total. The first-order valence-electron chi connectivity index (χ1n) is 7.19. The minimum Gasteiger partial charge on any atom is -0.321 e. The fourth-order valence-corrected chi connectivity index (χ4v) is 3.32. The Morgan fingerprint density at radius 3 is 2.50 bits per heavy atom. The van der Waals surface area contributed by atoms with Crippen LogP contribution < -0.4 is 5.73 Å². The van der Waals surface area contributed by atoms with Crippen LogP contribution in [0.3, 0.4) is 0 Å². The predicted molar refractivity (Wildman–Crippen MR) is 78.5 cm³/mol. The molecule has 1 saturated carbocycles. The number of hydrogen-bond acceptors (Lipinski definition) is 1. The fourth-order valence-electron chi connectivity index (χ4n) is 3.32. The predicted octanol–water partition coefficient (Wildman–Crippen LogP) is 4.25. The summed E-state index contributed by atoms with van der Waals surface area (Å²) in [4.78, 5) is 0. The van der Waals surface area contributed by atoms with Crippen molar-refractivity contribution in [3.63, 3.8) is 0 Å². The van der Waals surface area contributed by atoms with E-state index in [0.29, 0.717) is 11.3 Å². The van der Waals surface area contributed by atoms with Crippen LogP contribution in [0.4, 0.5) is 0 Å². The Hall–Kier alpha value is -0.820. The van der Waals surface area contributed by atoms with Gasteiger partial charge in [-0.1, -0.05) is 52.0 Å². The van der Waals surface area contributed by atoms with Crippen molar-refractivity contribution < 1.29 is 0 Å². The highest BCUT2D eigenvalue weighted by atomic mass is 14.8. The molecule has 0 bridgehead atoms. The molecule has 0 amide bonds. The van der Waals surface area contributed by atoms with E-state index in [1.807, 2.05) is 0 Å². The van der Waals surface area contributed by atoms with Gasteiger partial charge < -0.3 is 5.73 Å². The van der Waals surface area contributed by atoms with Crippen molar-refractivity contribution in [1.82, 2.24) is 0 Å². The first kappa shape index (κ1) is 13.6. The minimum absolute atomic E-state index is 0.101. The van der Waals surface area contributed by atoms with Gasteiger partial charge in [-0.05, 0) is 48.1 Å². The maximum absolute atomic E-state index is 6.66. The topological polar surface area (TPSA) is 26.0 Å². The molecule has 0 aliphatic heterocycles. The zero-order valence-corrected chi connectivity index (χ0v) is 12.3. The van der Waals surface area contributed by atoms with Crippen molar-refractivity contribution in [3.05, 3.63) is 35.4 Å². The highest BCUT2D eigenvalue weighted by Crippen LogP contribution is 2.47. The zero-order chi connectivity index (χ0) is 13.4. The standard InChI is InChI=1S/C17H27N/c1-13(2)10-14-6-5-7-15(11-14)17(18)9-8-16(3,4)12-17/h5-7,11,13H,8-10,12,18H2,1-4H3. The lowest BCUT2D eigenvalue weighted by Crippen LogP contribution is -2.34. The van der Waals surface area contributed by atoms with E-state index in [1.54, 1.807) is 0 Å². The molecule has 100 valence electrons. The third kappa shape index (κ3) is 2.95. The molecule has 1 aliphatic carbocycles. The Bertz CT molecular complexity index is 419. The van der Waals surface area contributed by atoms with Crippen molar-refractivity contribution >= 4 is 0 Å². The van der Waals surface area contributed by atoms with Gasteiger partial charge in [-0.15, -0.1) is 0 Å². The van der Waals surface area contributed by atoms with Crippen molar-refractivity contribution in [1.29, 1.82) is 0 Å². The highest BCUT2D eigenvalue weighted by molar-refractivity contribution is 5.31. The van der Waals surface area contributed by atoms with Crippen LogP contribution in [0, 0.1) is 11.3 Å². The summed E-state index contributed by atoms with van der Waals surface area (Å²) in [7, 11) is 0. The molecule has 0 spiro atoms. The summed E-state index contributed by atoms with van der Waals surface area (Å²) in [6.07, 6.45) is 4.60. The Kier molecular flexibility index (Phi) is 3.55.